The van der Waals surface area contributed by atoms with E-state index in [0.29, 0.717) is 5.69 Å². The van der Waals surface area contributed by atoms with Crippen LogP contribution in [-0.4, -0.2) is 8.42 Å². The molecule has 0 aromatic heterocycles. The van der Waals surface area contributed by atoms with Crippen LogP contribution in [0.4, 0.5) is 11.4 Å². The summed E-state index contributed by atoms with van der Waals surface area (Å²) in [5.74, 6) is 0. The number of hydrogen-bond donors (Lipinski definition) is 2. The molecule has 0 bridgehead atoms. The van der Waals surface area contributed by atoms with Crippen LogP contribution in [0.3, 0.4) is 0 Å². The lowest BCUT2D eigenvalue weighted by atomic mass is 10.3. The summed E-state index contributed by atoms with van der Waals surface area (Å²) in [6.45, 7) is 0. The fourth-order valence-electron chi connectivity index (χ4n) is 1.52. The van der Waals surface area contributed by atoms with E-state index in [-0.39, 0.29) is 15.6 Å². The van der Waals surface area contributed by atoms with Gasteiger partial charge < -0.3 is 5.73 Å². The van der Waals surface area contributed by atoms with Gasteiger partial charge in [-0.05, 0) is 24.3 Å². The highest BCUT2D eigenvalue weighted by Gasteiger charge is 2.20. The van der Waals surface area contributed by atoms with Gasteiger partial charge in [-0.2, -0.15) is 0 Å². The molecule has 3 N–H and O–H groups in total. The van der Waals surface area contributed by atoms with Crippen LogP contribution in [0.15, 0.2) is 53.4 Å². The minimum Gasteiger partial charge on any atom is -0.398 e. The van der Waals surface area contributed by atoms with Crippen molar-refractivity contribution in [3.63, 3.8) is 0 Å². The zero-order valence-electron chi connectivity index (χ0n) is 9.30. The molecule has 2 aromatic carbocycles. The first kappa shape index (κ1) is 12.7. The molecule has 2 rings (SSSR count). The van der Waals surface area contributed by atoms with Crippen LogP contribution in [0.25, 0.3) is 0 Å². The molecule has 0 spiro atoms. The summed E-state index contributed by atoms with van der Waals surface area (Å²) >= 11 is 5.88. The van der Waals surface area contributed by atoms with Crippen LogP contribution in [0.5, 0.6) is 0 Å². The average Bonchev–Trinajstić information content (AvgIpc) is 2.28. The zero-order valence-corrected chi connectivity index (χ0v) is 10.9. The molecule has 0 unspecified atom stereocenters. The maximum atomic E-state index is 12.2. The summed E-state index contributed by atoms with van der Waals surface area (Å²) in [7, 11) is -3.78. The van der Waals surface area contributed by atoms with Crippen molar-refractivity contribution in [3.05, 3.63) is 53.6 Å². The standard InChI is InChI=1S/C12H11ClN2O2S/c13-10-7-4-8-11(14)12(10)18(16,17)15-9-5-2-1-3-6-9/h1-8,15H,14H2. The number of rotatable bonds is 3. The lowest BCUT2D eigenvalue weighted by Gasteiger charge is -2.11. The third-order valence-electron chi connectivity index (χ3n) is 2.29. The molecular weight excluding hydrogens is 272 g/mol. The lowest BCUT2D eigenvalue weighted by molar-refractivity contribution is 0.601. The molecule has 0 radical (unpaired) electrons. The Balaban J connectivity index is 2.44. The smallest absolute Gasteiger partial charge is 0.265 e. The number of benzene rings is 2. The number of para-hydroxylation sites is 1. The third kappa shape index (κ3) is 2.57. The zero-order chi connectivity index (χ0) is 13.2. The minimum atomic E-state index is -3.78. The van der Waals surface area contributed by atoms with Crippen molar-refractivity contribution in [2.45, 2.75) is 4.90 Å². The van der Waals surface area contributed by atoms with Gasteiger partial charge in [0.2, 0.25) is 0 Å². The van der Waals surface area contributed by atoms with Crippen LogP contribution in [-0.2, 0) is 10.0 Å². The maximum absolute atomic E-state index is 12.2. The summed E-state index contributed by atoms with van der Waals surface area (Å²) in [5, 5.41) is 0.0958. The molecule has 18 heavy (non-hydrogen) atoms. The van der Waals surface area contributed by atoms with Crippen LogP contribution in [0.1, 0.15) is 0 Å². The van der Waals surface area contributed by atoms with E-state index in [4.69, 9.17) is 17.3 Å². The predicted octanol–water partition coefficient (Wildman–Crippen LogP) is 2.72. The lowest BCUT2D eigenvalue weighted by Crippen LogP contribution is -2.15. The Morgan fingerprint density at radius 2 is 1.67 bits per heavy atom. The summed E-state index contributed by atoms with van der Waals surface area (Å²) < 4.78 is 26.8. The quantitative estimate of drug-likeness (QED) is 0.850. The molecule has 0 fully saturated rings. The summed E-state index contributed by atoms with van der Waals surface area (Å²) in [6, 6.07) is 13.1. The number of nitrogens with two attached hydrogens (primary N) is 1. The van der Waals surface area contributed by atoms with E-state index in [1.165, 1.54) is 12.1 Å². The van der Waals surface area contributed by atoms with E-state index in [1.807, 2.05) is 0 Å². The van der Waals surface area contributed by atoms with Crippen molar-refractivity contribution in [3.8, 4) is 0 Å². The first-order valence-electron chi connectivity index (χ1n) is 5.12. The van der Waals surface area contributed by atoms with Crippen molar-refractivity contribution < 1.29 is 8.42 Å². The maximum Gasteiger partial charge on any atom is 0.265 e. The largest absolute Gasteiger partial charge is 0.398 e. The second kappa shape index (κ2) is 4.88. The van der Waals surface area contributed by atoms with Crippen molar-refractivity contribution in [2.24, 2.45) is 0 Å². The van der Waals surface area contributed by atoms with Crippen LogP contribution in [0.2, 0.25) is 5.02 Å². The first-order valence-corrected chi connectivity index (χ1v) is 6.99. The Bertz CT molecular complexity index is 637. The highest BCUT2D eigenvalue weighted by Crippen LogP contribution is 2.28. The molecule has 6 heteroatoms. The monoisotopic (exact) mass is 282 g/mol. The summed E-state index contributed by atoms with van der Waals surface area (Å²) in [6.07, 6.45) is 0. The van der Waals surface area contributed by atoms with Crippen molar-refractivity contribution >= 4 is 33.0 Å². The van der Waals surface area contributed by atoms with E-state index < -0.39 is 10.0 Å². The normalized spacial score (nSPS) is 11.2. The number of sulfonamides is 1. The van der Waals surface area contributed by atoms with E-state index in [2.05, 4.69) is 4.72 Å². The summed E-state index contributed by atoms with van der Waals surface area (Å²) in [5.41, 5.74) is 6.23. The van der Waals surface area contributed by atoms with Gasteiger partial charge in [0.15, 0.2) is 0 Å². The molecule has 4 nitrogen and oxygen atoms in total. The molecule has 2 aromatic rings. The molecule has 0 saturated carbocycles. The first-order chi connectivity index (χ1) is 8.50. The molecule has 0 aliphatic heterocycles. The van der Waals surface area contributed by atoms with E-state index in [9.17, 15) is 8.42 Å². The molecule has 0 aliphatic rings. The van der Waals surface area contributed by atoms with Gasteiger partial charge in [-0.15, -0.1) is 0 Å². The van der Waals surface area contributed by atoms with Gasteiger partial charge in [0.25, 0.3) is 10.0 Å². The molecule has 94 valence electrons. The average molecular weight is 283 g/mol. The number of nitrogen functional groups attached to an aromatic ring is 1. The molecule has 0 aliphatic carbocycles. The Hall–Kier alpha value is -1.72. The van der Waals surface area contributed by atoms with Gasteiger partial charge in [-0.25, -0.2) is 8.42 Å². The second-order valence-corrected chi connectivity index (χ2v) is 5.66. The number of nitrogens with one attached hydrogen (secondary N) is 1. The van der Waals surface area contributed by atoms with Gasteiger partial charge in [0.05, 0.1) is 10.7 Å². The van der Waals surface area contributed by atoms with Crippen LogP contribution >= 0.6 is 11.6 Å². The molecule has 0 atom stereocenters. The molecule has 0 amide bonds. The van der Waals surface area contributed by atoms with Crippen molar-refractivity contribution in [1.82, 2.24) is 0 Å². The van der Waals surface area contributed by atoms with Crippen molar-refractivity contribution in [2.75, 3.05) is 10.5 Å². The van der Waals surface area contributed by atoms with Gasteiger partial charge in [-0.3, -0.25) is 4.72 Å². The number of anilines is 2. The second-order valence-electron chi connectivity index (χ2n) is 3.63. The topological polar surface area (TPSA) is 72.2 Å². The minimum absolute atomic E-state index is 0.0958. The van der Waals surface area contributed by atoms with Crippen LogP contribution < -0.4 is 10.5 Å². The van der Waals surface area contributed by atoms with Crippen LogP contribution in [0, 0.1) is 0 Å². The third-order valence-corrected chi connectivity index (χ3v) is 4.22. The van der Waals surface area contributed by atoms with E-state index >= 15 is 0 Å². The predicted molar refractivity (Wildman–Crippen MR) is 73.1 cm³/mol. The highest BCUT2D eigenvalue weighted by molar-refractivity contribution is 7.93. The SMILES string of the molecule is Nc1cccc(Cl)c1S(=O)(=O)Nc1ccccc1. The van der Waals surface area contributed by atoms with Gasteiger partial charge in [-0.1, -0.05) is 35.9 Å². The number of halogens is 1. The van der Waals surface area contributed by atoms with E-state index in [1.54, 1.807) is 36.4 Å². The summed E-state index contributed by atoms with van der Waals surface area (Å²) in [4.78, 5) is -0.101. The fourth-order valence-corrected chi connectivity index (χ4v) is 3.26. The highest BCUT2D eigenvalue weighted by atomic mass is 35.5. The fraction of sp³-hybridized carbons (Fsp3) is 0. The van der Waals surface area contributed by atoms with Gasteiger partial charge >= 0.3 is 0 Å². The van der Waals surface area contributed by atoms with Gasteiger partial charge in [0.1, 0.15) is 4.90 Å². The Morgan fingerprint density at radius 3 is 2.28 bits per heavy atom. The van der Waals surface area contributed by atoms with Gasteiger partial charge in [0, 0.05) is 5.69 Å². The number of hydrogen-bond acceptors (Lipinski definition) is 3. The van der Waals surface area contributed by atoms with E-state index in [0.717, 1.165) is 0 Å². The Morgan fingerprint density at radius 1 is 1.00 bits per heavy atom. The Kier molecular flexibility index (Phi) is 3.45. The molecule has 0 saturated heterocycles. The molecular formula is C12H11ClN2O2S. The molecule has 0 heterocycles. The Labute approximate surface area is 110 Å². The van der Waals surface area contributed by atoms with Crippen molar-refractivity contribution in [1.29, 1.82) is 0 Å².